The SMILES string of the molecule is CC(C)n1cc([C@@H]2NCC23CCNCC3)cn1. The molecule has 0 aliphatic carbocycles. The van der Waals surface area contributed by atoms with Gasteiger partial charge in [-0.25, -0.2) is 0 Å². The maximum atomic E-state index is 4.46. The molecule has 2 saturated heterocycles. The van der Waals surface area contributed by atoms with Crippen LogP contribution in [0.1, 0.15) is 44.3 Å². The van der Waals surface area contributed by atoms with Crippen LogP contribution in [-0.2, 0) is 0 Å². The Bertz CT molecular complexity index is 390. The molecule has 1 aromatic heterocycles. The van der Waals surface area contributed by atoms with Gasteiger partial charge in [-0.1, -0.05) is 0 Å². The molecular weight excluding hydrogens is 212 g/mol. The lowest BCUT2D eigenvalue weighted by atomic mass is 9.65. The zero-order chi connectivity index (χ0) is 11.9. The number of nitrogens with zero attached hydrogens (tertiary/aromatic N) is 2. The fourth-order valence-electron chi connectivity index (χ4n) is 3.14. The van der Waals surface area contributed by atoms with Crippen LogP contribution in [0, 0.1) is 5.41 Å². The minimum Gasteiger partial charge on any atom is -0.317 e. The molecule has 17 heavy (non-hydrogen) atoms. The first kappa shape index (κ1) is 11.2. The largest absolute Gasteiger partial charge is 0.317 e. The van der Waals surface area contributed by atoms with E-state index in [-0.39, 0.29) is 0 Å². The number of hydrogen-bond donors (Lipinski definition) is 2. The lowest BCUT2D eigenvalue weighted by Crippen LogP contribution is -2.59. The third-order valence-electron chi connectivity index (χ3n) is 4.35. The van der Waals surface area contributed by atoms with Crippen molar-refractivity contribution >= 4 is 0 Å². The molecule has 2 N–H and O–H groups in total. The smallest absolute Gasteiger partial charge is 0.0537 e. The number of rotatable bonds is 2. The fraction of sp³-hybridized carbons (Fsp3) is 0.769. The van der Waals surface area contributed by atoms with Crippen LogP contribution < -0.4 is 10.6 Å². The zero-order valence-electron chi connectivity index (χ0n) is 10.7. The Kier molecular flexibility index (Phi) is 2.71. The molecule has 1 aromatic rings. The van der Waals surface area contributed by atoms with Gasteiger partial charge >= 0.3 is 0 Å². The van der Waals surface area contributed by atoms with Crippen molar-refractivity contribution in [2.45, 2.75) is 38.8 Å². The first-order valence-electron chi connectivity index (χ1n) is 6.69. The molecule has 0 radical (unpaired) electrons. The van der Waals surface area contributed by atoms with Crippen molar-refractivity contribution in [1.29, 1.82) is 0 Å². The van der Waals surface area contributed by atoms with Crippen molar-refractivity contribution in [3.63, 3.8) is 0 Å². The van der Waals surface area contributed by atoms with E-state index in [0.29, 0.717) is 17.5 Å². The maximum Gasteiger partial charge on any atom is 0.0537 e. The van der Waals surface area contributed by atoms with Crippen molar-refractivity contribution in [3.8, 4) is 0 Å². The van der Waals surface area contributed by atoms with E-state index in [1.165, 1.54) is 24.9 Å². The molecule has 4 nitrogen and oxygen atoms in total. The van der Waals surface area contributed by atoms with Crippen molar-refractivity contribution < 1.29 is 0 Å². The van der Waals surface area contributed by atoms with Crippen LogP contribution in [0.15, 0.2) is 12.4 Å². The standard InChI is InChI=1S/C13H22N4/c1-10(2)17-8-11(7-16-17)12-13(9-15-12)3-5-14-6-4-13/h7-8,10,12,14-15H,3-6,9H2,1-2H3/t12-/m0/s1. The third-order valence-corrected chi connectivity index (χ3v) is 4.35. The van der Waals surface area contributed by atoms with Crippen LogP contribution in [0.2, 0.25) is 0 Å². The van der Waals surface area contributed by atoms with Crippen LogP contribution in [0.3, 0.4) is 0 Å². The normalized spacial score (nSPS) is 27.4. The molecule has 0 aromatic carbocycles. The highest BCUT2D eigenvalue weighted by Crippen LogP contribution is 2.47. The molecule has 0 bridgehead atoms. The Balaban J connectivity index is 1.79. The Morgan fingerprint density at radius 3 is 2.71 bits per heavy atom. The van der Waals surface area contributed by atoms with E-state index < -0.39 is 0 Å². The summed E-state index contributed by atoms with van der Waals surface area (Å²) in [6.45, 7) is 7.84. The summed E-state index contributed by atoms with van der Waals surface area (Å²) in [5, 5.41) is 11.5. The predicted octanol–water partition coefficient (Wildman–Crippen LogP) is 1.48. The Labute approximate surface area is 103 Å². The van der Waals surface area contributed by atoms with E-state index in [1.54, 1.807) is 0 Å². The number of nitrogens with one attached hydrogen (secondary N) is 2. The van der Waals surface area contributed by atoms with Gasteiger partial charge < -0.3 is 10.6 Å². The minimum atomic E-state index is 0.452. The summed E-state index contributed by atoms with van der Waals surface area (Å²) in [5.74, 6) is 0. The number of hydrogen-bond acceptors (Lipinski definition) is 3. The second kappa shape index (κ2) is 4.10. The van der Waals surface area contributed by atoms with Gasteiger partial charge in [0.15, 0.2) is 0 Å². The topological polar surface area (TPSA) is 41.9 Å². The highest BCUT2D eigenvalue weighted by molar-refractivity contribution is 5.21. The molecule has 1 atom stereocenters. The summed E-state index contributed by atoms with van der Waals surface area (Å²) in [4.78, 5) is 0. The summed E-state index contributed by atoms with van der Waals surface area (Å²) in [5.41, 5.74) is 1.86. The molecule has 0 amide bonds. The van der Waals surface area contributed by atoms with Gasteiger partial charge in [0.25, 0.3) is 0 Å². The average Bonchev–Trinajstić information content (AvgIpc) is 2.78. The van der Waals surface area contributed by atoms with Crippen LogP contribution in [0.25, 0.3) is 0 Å². The summed E-state index contributed by atoms with van der Waals surface area (Å²) < 4.78 is 2.06. The van der Waals surface area contributed by atoms with E-state index in [0.717, 1.165) is 13.1 Å². The molecule has 94 valence electrons. The van der Waals surface area contributed by atoms with Gasteiger partial charge in [-0.05, 0) is 39.8 Å². The fourth-order valence-corrected chi connectivity index (χ4v) is 3.14. The first-order chi connectivity index (χ1) is 8.21. The second-order valence-electron chi connectivity index (χ2n) is 5.77. The molecule has 0 saturated carbocycles. The van der Waals surface area contributed by atoms with Crippen molar-refractivity contribution in [1.82, 2.24) is 20.4 Å². The summed E-state index contributed by atoms with van der Waals surface area (Å²) in [6.07, 6.45) is 6.83. The highest BCUT2D eigenvalue weighted by atomic mass is 15.3. The van der Waals surface area contributed by atoms with Gasteiger partial charge in [0.05, 0.1) is 6.20 Å². The van der Waals surface area contributed by atoms with Crippen molar-refractivity contribution in [2.75, 3.05) is 19.6 Å². The van der Waals surface area contributed by atoms with E-state index in [4.69, 9.17) is 0 Å². The van der Waals surface area contributed by atoms with Gasteiger partial charge in [0.1, 0.15) is 0 Å². The van der Waals surface area contributed by atoms with Gasteiger partial charge in [-0.2, -0.15) is 5.10 Å². The van der Waals surface area contributed by atoms with Crippen LogP contribution in [0.5, 0.6) is 0 Å². The Morgan fingerprint density at radius 2 is 2.18 bits per heavy atom. The highest BCUT2D eigenvalue weighted by Gasteiger charge is 2.47. The molecule has 2 aliphatic heterocycles. The van der Waals surface area contributed by atoms with Crippen LogP contribution >= 0.6 is 0 Å². The van der Waals surface area contributed by atoms with Crippen LogP contribution in [-0.4, -0.2) is 29.4 Å². The quantitative estimate of drug-likeness (QED) is 0.814. The van der Waals surface area contributed by atoms with Gasteiger partial charge in [0, 0.05) is 35.8 Å². The van der Waals surface area contributed by atoms with E-state index in [9.17, 15) is 0 Å². The third kappa shape index (κ3) is 1.79. The van der Waals surface area contributed by atoms with Gasteiger partial charge in [-0.15, -0.1) is 0 Å². The molecule has 2 fully saturated rings. The van der Waals surface area contributed by atoms with E-state index in [2.05, 4.69) is 40.5 Å². The molecule has 4 heteroatoms. The molecule has 3 heterocycles. The molecule has 3 rings (SSSR count). The van der Waals surface area contributed by atoms with Crippen molar-refractivity contribution in [3.05, 3.63) is 18.0 Å². The second-order valence-corrected chi connectivity index (χ2v) is 5.77. The van der Waals surface area contributed by atoms with Gasteiger partial charge in [-0.3, -0.25) is 4.68 Å². The zero-order valence-corrected chi connectivity index (χ0v) is 10.7. The molecule has 2 aliphatic rings. The summed E-state index contributed by atoms with van der Waals surface area (Å²) in [6, 6.07) is 0.977. The number of piperidine rings is 1. The number of aromatic nitrogens is 2. The summed E-state index contributed by atoms with van der Waals surface area (Å²) >= 11 is 0. The minimum absolute atomic E-state index is 0.452. The Morgan fingerprint density at radius 1 is 1.41 bits per heavy atom. The lowest BCUT2D eigenvalue weighted by Gasteiger charge is -2.52. The molecule has 0 unspecified atom stereocenters. The van der Waals surface area contributed by atoms with Crippen molar-refractivity contribution in [2.24, 2.45) is 5.41 Å². The Hall–Kier alpha value is -0.870. The molecular formula is C13H22N4. The average molecular weight is 234 g/mol. The summed E-state index contributed by atoms with van der Waals surface area (Å²) in [7, 11) is 0. The van der Waals surface area contributed by atoms with Gasteiger partial charge in [0.2, 0.25) is 0 Å². The van der Waals surface area contributed by atoms with E-state index >= 15 is 0 Å². The monoisotopic (exact) mass is 234 g/mol. The lowest BCUT2D eigenvalue weighted by molar-refractivity contribution is 0.0435. The van der Waals surface area contributed by atoms with Crippen LogP contribution in [0.4, 0.5) is 0 Å². The first-order valence-corrected chi connectivity index (χ1v) is 6.69. The maximum absolute atomic E-state index is 4.46. The predicted molar refractivity (Wildman–Crippen MR) is 67.9 cm³/mol. The molecule has 1 spiro atoms. The van der Waals surface area contributed by atoms with E-state index in [1.807, 2.05) is 6.20 Å².